The van der Waals surface area contributed by atoms with Gasteiger partial charge in [-0.25, -0.2) is 4.98 Å². The molecule has 5 nitrogen and oxygen atoms in total. The van der Waals surface area contributed by atoms with E-state index in [1.807, 2.05) is 72.8 Å². The Morgan fingerprint density at radius 1 is 0.556 bits per heavy atom. The van der Waals surface area contributed by atoms with Gasteiger partial charge in [0, 0.05) is 52.8 Å². The first-order chi connectivity index (χ1) is 26.5. The summed E-state index contributed by atoms with van der Waals surface area (Å²) in [7, 11) is 0. The molecule has 210 valence electrons. The number of aromatic nitrogens is 4. The second-order valence-corrected chi connectivity index (χ2v) is 11.5. The standard InChI is InChI=1S/C39H22N4OS/c1-2-10-23(11-3-1)37-40-38(24-18-19-27-26-13-5-8-16-33(26)44-34(27)20-24)42-39(41-37)43-31-15-7-4-12-25(31)29-22-36-30(21-32(29)43)28-14-6-9-17-35(28)45-36/h1-22H/i4D,6D,7D,9D,12D,14D,15D,17D,21D,22D. The quantitative estimate of drug-likeness (QED) is 0.201. The first kappa shape index (κ1) is 16.9. The summed E-state index contributed by atoms with van der Waals surface area (Å²) in [6, 6.07) is 18.4. The predicted octanol–water partition coefficient (Wildman–Crippen LogP) is 10.6. The van der Waals surface area contributed by atoms with Crippen LogP contribution in [-0.4, -0.2) is 19.5 Å². The first-order valence-electron chi connectivity index (χ1n) is 19.1. The fourth-order valence-corrected chi connectivity index (χ4v) is 6.84. The molecule has 0 spiro atoms. The minimum atomic E-state index is -0.533. The molecule has 0 amide bonds. The summed E-state index contributed by atoms with van der Waals surface area (Å²) in [6.45, 7) is 0. The Balaban J connectivity index is 1.38. The third-order valence-electron chi connectivity index (χ3n) is 7.91. The maximum atomic E-state index is 9.72. The molecule has 6 heteroatoms. The molecule has 4 heterocycles. The van der Waals surface area contributed by atoms with Gasteiger partial charge in [0.2, 0.25) is 5.95 Å². The van der Waals surface area contributed by atoms with E-state index in [1.54, 1.807) is 0 Å². The zero-order valence-electron chi connectivity index (χ0n) is 33.0. The van der Waals surface area contributed by atoms with Crippen LogP contribution >= 0.6 is 11.3 Å². The van der Waals surface area contributed by atoms with Crippen molar-refractivity contribution in [3.8, 4) is 28.7 Å². The highest BCUT2D eigenvalue weighted by molar-refractivity contribution is 7.25. The summed E-state index contributed by atoms with van der Waals surface area (Å²) in [6.07, 6.45) is 0. The van der Waals surface area contributed by atoms with Crippen molar-refractivity contribution in [3.05, 3.63) is 133 Å². The van der Waals surface area contributed by atoms with Crippen LogP contribution in [-0.2, 0) is 0 Å². The maximum absolute atomic E-state index is 9.72. The van der Waals surface area contributed by atoms with Gasteiger partial charge in [-0.1, -0.05) is 90.9 Å². The van der Waals surface area contributed by atoms with Crippen LogP contribution < -0.4 is 0 Å². The zero-order chi connectivity index (χ0) is 38.2. The van der Waals surface area contributed by atoms with Crippen molar-refractivity contribution >= 4 is 75.3 Å². The highest BCUT2D eigenvalue weighted by Crippen LogP contribution is 2.40. The SMILES string of the molecule is [2H]c1c([2H])c([2H])c2c(sc3c([2H])c4c5c([2H])c([2H])c([2H])c([2H])c5n(-c5nc(-c6ccccc6)nc(-c6ccc7c(c6)oc6ccccc67)n5)c4c([2H])c32)c1[2H]. The number of hydrogen-bond donors (Lipinski definition) is 0. The first-order valence-corrected chi connectivity index (χ1v) is 14.9. The number of fused-ring (bicyclic) bond motifs is 9. The maximum Gasteiger partial charge on any atom is 0.238 e. The van der Waals surface area contributed by atoms with Gasteiger partial charge < -0.3 is 4.42 Å². The number of benzene rings is 6. The number of rotatable bonds is 3. The highest BCUT2D eigenvalue weighted by Gasteiger charge is 2.20. The van der Waals surface area contributed by atoms with Crippen LogP contribution in [0.15, 0.2) is 138 Å². The van der Waals surface area contributed by atoms with Crippen LogP contribution in [0.2, 0.25) is 0 Å². The van der Waals surface area contributed by atoms with Gasteiger partial charge in [-0.3, -0.25) is 4.57 Å². The smallest absolute Gasteiger partial charge is 0.238 e. The van der Waals surface area contributed by atoms with Crippen LogP contribution in [0.4, 0.5) is 0 Å². The topological polar surface area (TPSA) is 56.7 Å². The van der Waals surface area contributed by atoms with Crippen LogP contribution in [0.3, 0.4) is 0 Å². The highest BCUT2D eigenvalue weighted by atomic mass is 32.1. The van der Waals surface area contributed by atoms with E-state index in [9.17, 15) is 2.74 Å². The molecule has 0 fully saturated rings. The zero-order valence-corrected chi connectivity index (χ0v) is 23.9. The minimum absolute atomic E-state index is 0.0180. The van der Waals surface area contributed by atoms with E-state index in [4.69, 9.17) is 30.3 Å². The van der Waals surface area contributed by atoms with E-state index in [1.165, 1.54) is 4.57 Å². The molecular weight excluding hydrogens is 573 g/mol. The van der Waals surface area contributed by atoms with E-state index in [0.717, 1.165) is 22.1 Å². The molecular formula is C39H22N4OS. The van der Waals surface area contributed by atoms with Gasteiger partial charge in [0.15, 0.2) is 11.6 Å². The van der Waals surface area contributed by atoms with Crippen LogP contribution in [0, 0.1) is 0 Å². The number of hydrogen-bond acceptors (Lipinski definition) is 5. The minimum Gasteiger partial charge on any atom is -0.456 e. The molecule has 4 aromatic heterocycles. The lowest BCUT2D eigenvalue weighted by molar-refractivity contribution is 0.669. The van der Waals surface area contributed by atoms with E-state index >= 15 is 0 Å². The van der Waals surface area contributed by atoms with Crippen molar-refractivity contribution in [1.82, 2.24) is 19.5 Å². The van der Waals surface area contributed by atoms with Crippen LogP contribution in [0.1, 0.15) is 13.7 Å². The Hall–Kier alpha value is -5.85. The van der Waals surface area contributed by atoms with E-state index in [2.05, 4.69) is 0 Å². The van der Waals surface area contributed by atoms with Crippen molar-refractivity contribution < 1.29 is 18.1 Å². The van der Waals surface area contributed by atoms with Gasteiger partial charge in [0.25, 0.3) is 0 Å². The molecule has 10 rings (SSSR count). The number of para-hydroxylation sites is 2. The molecule has 0 saturated carbocycles. The molecule has 0 bridgehead atoms. The van der Waals surface area contributed by atoms with Crippen LogP contribution in [0.25, 0.3) is 92.6 Å². The summed E-state index contributed by atoms with van der Waals surface area (Å²) in [5, 5.41) is 2.01. The number of furan rings is 1. The molecule has 0 aliphatic rings. The summed E-state index contributed by atoms with van der Waals surface area (Å²) in [5.41, 5.74) is 2.41. The Labute approximate surface area is 274 Å². The fraction of sp³-hybridized carbons (Fsp3) is 0. The van der Waals surface area contributed by atoms with Gasteiger partial charge in [-0.2, -0.15) is 9.97 Å². The Morgan fingerprint density at radius 3 is 2.22 bits per heavy atom. The van der Waals surface area contributed by atoms with Crippen molar-refractivity contribution in [1.29, 1.82) is 0 Å². The predicted molar refractivity (Wildman–Crippen MR) is 185 cm³/mol. The van der Waals surface area contributed by atoms with Gasteiger partial charge in [0.1, 0.15) is 11.2 Å². The van der Waals surface area contributed by atoms with Gasteiger partial charge in [-0.15, -0.1) is 11.3 Å². The lowest BCUT2D eigenvalue weighted by Gasteiger charge is -2.11. The lowest BCUT2D eigenvalue weighted by Crippen LogP contribution is -2.06. The third kappa shape index (κ3) is 3.70. The number of nitrogens with zero attached hydrogens (tertiary/aromatic N) is 4. The lowest BCUT2D eigenvalue weighted by atomic mass is 10.1. The van der Waals surface area contributed by atoms with E-state index in [-0.39, 0.29) is 83.7 Å². The van der Waals surface area contributed by atoms with Crippen molar-refractivity contribution in [2.24, 2.45) is 0 Å². The summed E-state index contributed by atoms with van der Waals surface area (Å²) >= 11 is 0.944. The third-order valence-corrected chi connectivity index (χ3v) is 8.93. The average molecular weight is 605 g/mol. The molecule has 6 aromatic carbocycles. The molecule has 0 saturated heterocycles. The molecule has 0 aliphatic heterocycles. The van der Waals surface area contributed by atoms with Gasteiger partial charge in [0.05, 0.1) is 24.7 Å². The monoisotopic (exact) mass is 604 g/mol. The fourth-order valence-electron chi connectivity index (χ4n) is 5.87. The Morgan fingerprint density at radius 2 is 1.31 bits per heavy atom. The second kappa shape index (κ2) is 9.32. The Bertz CT molecular complexity index is 3340. The van der Waals surface area contributed by atoms with Crippen molar-refractivity contribution in [2.75, 3.05) is 0 Å². The molecule has 0 N–H and O–H groups in total. The van der Waals surface area contributed by atoms with E-state index < -0.39 is 36.3 Å². The average Bonchev–Trinajstić information content (AvgIpc) is 3.91. The van der Waals surface area contributed by atoms with E-state index in [0.29, 0.717) is 22.3 Å². The molecule has 10 aromatic rings. The Kier molecular flexibility index (Phi) is 3.49. The molecule has 0 atom stereocenters. The van der Waals surface area contributed by atoms with Crippen LogP contribution in [0.5, 0.6) is 0 Å². The number of thiophene rings is 1. The van der Waals surface area contributed by atoms with Crippen molar-refractivity contribution in [3.63, 3.8) is 0 Å². The molecule has 45 heavy (non-hydrogen) atoms. The van der Waals surface area contributed by atoms with Gasteiger partial charge >= 0.3 is 0 Å². The van der Waals surface area contributed by atoms with Crippen molar-refractivity contribution in [2.45, 2.75) is 0 Å². The largest absolute Gasteiger partial charge is 0.456 e. The molecule has 0 unspecified atom stereocenters. The summed E-state index contributed by atoms with van der Waals surface area (Å²) < 4.78 is 96.6. The molecule has 0 radical (unpaired) electrons. The summed E-state index contributed by atoms with van der Waals surface area (Å²) in [4.78, 5) is 14.6. The second-order valence-electron chi connectivity index (χ2n) is 10.5. The molecule has 0 aliphatic carbocycles. The summed E-state index contributed by atoms with van der Waals surface area (Å²) in [5.74, 6) is 0.345. The van der Waals surface area contributed by atoms with Gasteiger partial charge in [-0.05, 0) is 42.4 Å². The normalized spacial score (nSPS) is 15.1.